The van der Waals surface area contributed by atoms with Crippen LogP contribution in [0.4, 0.5) is 0 Å². The van der Waals surface area contributed by atoms with Crippen molar-refractivity contribution in [2.75, 3.05) is 0 Å². The van der Waals surface area contributed by atoms with E-state index in [-0.39, 0.29) is 11.8 Å². The largest absolute Gasteiger partial charge is 0.326 e. The SMILES string of the molecule is CCC(C)C(=O)NC1=CCC=CC=C1. The van der Waals surface area contributed by atoms with Crippen LogP contribution in [0.15, 0.2) is 36.1 Å². The van der Waals surface area contributed by atoms with Gasteiger partial charge in [0.25, 0.3) is 0 Å². The minimum absolute atomic E-state index is 0.0838. The van der Waals surface area contributed by atoms with Crippen LogP contribution < -0.4 is 5.32 Å². The second-order valence-electron chi connectivity index (χ2n) is 3.48. The molecule has 2 heteroatoms. The lowest BCUT2D eigenvalue weighted by Gasteiger charge is -2.10. The summed E-state index contributed by atoms with van der Waals surface area (Å²) in [4.78, 5) is 11.5. The standard InChI is InChI=1S/C12H17NO/c1-3-10(2)12(14)13-11-8-6-4-5-7-9-11/h4-6,8-10H,3,7H2,1-2H3,(H,13,14). The molecule has 0 aliphatic heterocycles. The first-order valence-electron chi connectivity index (χ1n) is 5.08. The van der Waals surface area contributed by atoms with Crippen LogP contribution in [0.1, 0.15) is 26.7 Å². The van der Waals surface area contributed by atoms with E-state index in [0.29, 0.717) is 0 Å². The highest BCUT2D eigenvalue weighted by molar-refractivity contribution is 5.80. The van der Waals surface area contributed by atoms with Gasteiger partial charge in [-0.1, -0.05) is 38.2 Å². The summed E-state index contributed by atoms with van der Waals surface area (Å²) in [5, 5.41) is 2.90. The Bertz CT molecular complexity index is 287. The third-order valence-corrected chi connectivity index (χ3v) is 2.32. The number of carbonyl (C=O) groups excluding carboxylic acids is 1. The Morgan fingerprint density at radius 2 is 2.36 bits per heavy atom. The van der Waals surface area contributed by atoms with Crippen molar-refractivity contribution >= 4 is 5.91 Å². The molecule has 1 aliphatic carbocycles. The van der Waals surface area contributed by atoms with Gasteiger partial charge in [-0.15, -0.1) is 0 Å². The Morgan fingerprint density at radius 1 is 1.57 bits per heavy atom. The van der Waals surface area contributed by atoms with E-state index in [0.717, 1.165) is 18.5 Å². The van der Waals surface area contributed by atoms with Crippen molar-refractivity contribution in [2.45, 2.75) is 26.7 Å². The molecule has 0 bridgehead atoms. The minimum Gasteiger partial charge on any atom is -0.326 e. The van der Waals surface area contributed by atoms with Gasteiger partial charge >= 0.3 is 0 Å². The van der Waals surface area contributed by atoms with E-state index in [1.54, 1.807) is 0 Å². The maximum absolute atomic E-state index is 11.5. The third kappa shape index (κ3) is 3.21. The zero-order valence-electron chi connectivity index (χ0n) is 8.79. The van der Waals surface area contributed by atoms with E-state index < -0.39 is 0 Å². The molecule has 0 aromatic rings. The third-order valence-electron chi connectivity index (χ3n) is 2.32. The van der Waals surface area contributed by atoms with Crippen molar-refractivity contribution in [1.82, 2.24) is 5.32 Å². The molecule has 2 nitrogen and oxygen atoms in total. The molecule has 1 unspecified atom stereocenters. The van der Waals surface area contributed by atoms with Crippen LogP contribution in [0.25, 0.3) is 0 Å². The molecule has 0 saturated carbocycles. The van der Waals surface area contributed by atoms with Gasteiger partial charge in [-0.2, -0.15) is 0 Å². The Kier molecular flexibility index (Phi) is 4.17. The van der Waals surface area contributed by atoms with Gasteiger partial charge in [-0.3, -0.25) is 4.79 Å². The molecule has 1 rings (SSSR count). The average Bonchev–Trinajstić information content (AvgIpc) is 2.45. The Morgan fingerprint density at radius 3 is 3.07 bits per heavy atom. The maximum atomic E-state index is 11.5. The van der Waals surface area contributed by atoms with Crippen molar-refractivity contribution in [3.8, 4) is 0 Å². The minimum atomic E-state index is 0.0838. The lowest BCUT2D eigenvalue weighted by molar-refractivity contribution is -0.123. The van der Waals surface area contributed by atoms with Gasteiger partial charge in [0.15, 0.2) is 0 Å². The molecule has 1 N–H and O–H groups in total. The maximum Gasteiger partial charge on any atom is 0.227 e. The topological polar surface area (TPSA) is 29.1 Å². The molecular weight excluding hydrogens is 174 g/mol. The van der Waals surface area contributed by atoms with E-state index in [1.165, 1.54) is 0 Å². The van der Waals surface area contributed by atoms with Crippen LogP contribution in [-0.2, 0) is 4.79 Å². The van der Waals surface area contributed by atoms with E-state index in [9.17, 15) is 4.79 Å². The molecule has 0 spiro atoms. The summed E-state index contributed by atoms with van der Waals surface area (Å²) in [6.07, 6.45) is 11.7. The van der Waals surface area contributed by atoms with Crippen molar-refractivity contribution in [2.24, 2.45) is 5.92 Å². The lowest BCUT2D eigenvalue weighted by Crippen LogP contribution is -2.27. The second-order valence-corrected chi connectivity index (χ2v) is 3.48. The number of hydrogen-bond acceptors (Lipinski definition) is 1. The summed E-state index contributed by atoms with van der Waals surface area (Å²) >= 11 is 0. The van der Waals surface area contributed by atoms with Gasteiger partial charge in [0.2, 0.25) is 5.91 Å². The number of rotatable bonds is 3. The monoisotopic (exact) mass is 191 g/mol. The van der Waals surface area contributed by atoms with Crippen LogP contribution in [0.2, 0.25) is 0 Å². The summed E-state index contributed by atoms with van der Waals surface area (Å²) in [6.45, 7) is 3.96. The predicted octanol–water partition coefficient (Wildman–Crippen LogP) is 2.55. The Hall–Kier alpha value is -1.31. The van der Waals surface area contributed by atoms with Gasteiger partial charge in [0.1, 0.15) is 0 Å². The van der Waals surface area contributed by atoms with Crippen LogP contribution in [0.5, 0.6) is 0 Å². The first kappa shape index (κ1) is 10.8. The van der Waals surface area contributed by atoms with Crippen molar-refractivity contribution in [3.63, 3.8) is 0 Å². The van der Waals surface area contributed by atoms with Gasteiger partial charge < -0.3 is 5.32 Å². The number of allylic oxidation sites excluding steroid dienone is 5. The summed E-state index contributed by atoms with van der Waals surface area (Å²) in [5.41, 5.74) is 0.903. The highest BCUT2D eigenvalue weighted by atomic mass is 16.1. The van der Waals surface area contributed by atoms with Crippen molar-refractivity contribution in [1.29, 1.82) is 0 Å². The molecule has 1 atom stereocenters. The van der Waals surface area contributed by atoms with Crippen molar-refractivity contribution < 1.29 is 4.79 Å². The summed E-state index contributed by atoms with van der Waals surface area (Å²) in [6, 6.07) is 0. The van der Waals surface area contributed by atoms with E-state index in [2.05, 4.69) is 11.4 Å². The quantitative estimate of drug-likeness (QED) is 0.729. The zero-order chi connectivity index (χ0) is 10.4. The van der Waals surface area contributed by atoms with E-state index in [4.69, 9.17) is 0 Å². The molecule has 0 aromatic heterocycles. The summed E-state index contributed by atoms with van der Waals surface area (Å²) in [7, 11) is 0. The van der Waals surface area contributed by atoms with Crippen molar-refractivity contribution in [3.05, 3.63) is 36.1 Å². The molecule has 0 saturated heterocycles. The number of nitrogens with one attached hydrogen (secondary N) is 1. The van der Waals surface area contributed by atoms with E-state index >= 15 is 0 Å². The Balaban J connectivity index is 2.52. The van der Waals surface area contributed by atoms with Gasteiger partial charge in [0, 0.05) is 11.6 Å². The first-order valence-corrected chi connectivity index (χ1v) is 5.08. The molecule has 0 aromatic carbocycles. The Labute approximate surface area is 85.4 Å². The smallest absolute Gasteiger partial charge is 0.227 e. The molecule has 1 aliphatic rings. The van der Waals surface area contributed by atoms with Crippen LogP contribution in [0, 0.1) is 5.92 Å². The van der Waals surface area contributed by atoms with Crippen LogP contribution in [-0.4, -0.2) is 5.91 Å². The van der Waals surface area contributed by atoms with E-state index in [1.807, 2.05) is 38.2 Å². The lowest BCUT2D eigenvalue weighted by atomic mass is 10.1. The molecule has 1 amide bonds. The van der Waals surface area contributed by atoms with Crippen LogP contribution >= 0.6 is 0 Å². The fraction of sp³-hybridized carbons (Fsp3) is 0.417. The number of carbonyl (C=O) groups is 1. The van der Waals surface area contributed by atoms with Gasteiger partial charge in [-0.05, 0) is 18.9 Å². The molecular formula is C12H17NO. The first-order chi connectivity index (χ1) is 6.74. The average molecular weight is 191 g/mol. The molecule has 76 valence electrons. The molecule has 0 fully saturated rings. The highest BCUT2D eigenvalue weighted by Gasteiger charge is 2.10. The second kappa shape index (κ2) is 5.43. The predicted molar refractivity (Wildman–Crippen MR) is 58.6 cm³/mol. The zero-order valence-corrected chi connectivity index (χ0v) is 8.79. The summed E-state index contributed by atoms with van der Waals surface area (Å²) in [5.74, 6) is 0.186. The number of amides is 1. The fourth-order valence-electron chi connectivity index (χ4n) is 1.12. The molecule has 14 heavy (non-hydrogen) atoms. The molecule has 0 heterocycles. The van der Waals surface area contributed by atoms with Gasteiger partial charge in [0.05, 0.1) is 0 Å². The number of hydrogen-bond donors (Lipinski definition) is 1. The molecule has 0 radical (unpaired) electrons. The normalized spacial score (nSPS) is 17.1. The highest BCUT2D eigenvalue weighted by Crippen LogP contribution is 2.05. The fourth-order valence-corrected chi connectivity index (χ4v) is 1.12. The van der Waals surface area contributed by atoms with Crippen LogP contribution in [0.3, 0.4) is 0 Å². The summed E-state index contributed by atoms with van der Waals surface area (Å²) < 4.78 is 0. The van der Waals surface area contributed by atoms with Gasteiger partial charge in [-0.25, -0.2) is 0 Å².